The van der Waals surface area contributed by atoms with E-state index in [0.29, 0.717) is 19.7 Å². The quantitative estimate of drug-likeness (QED) is 0.491. The molecular formula is C26H26N6O2. The number of nitrogens with one attached hydrogen (secondary N) is 1. The van der Waals surface area contributed by atoms with Gasteiger partial charge in [0.05, 0.1) is 11.1 Å². The number of aromatic amines is 1. The first kappa shape index (κ1) is 20.7. The third kappa shape index (κ3) is 3.37. The molecule has 172 valence electrons. The zero-order valence-electron chi connectivity index (χ0n) is 19.1. The van der Waals surface area contributed by atoms with Crippen molar-refractivity contribution in [2.75, 3.05) is 24.5 Å². The summed E-state index contributed by atoms with van der Waals surface area (Å²) in [6.45, 7) is 4.42. The van der Waals surface area contributed by atoms with Gasteiger partial charge in [0.2, 0.25) is 0 Å². The molecule has 0 unspecified atom stereocenters. The van der Waals surface area contributed by atoms with Crippen LogP contribution in [0.1, 0.15) is 29.7 Å². The molecule has 1 amide bonds. The molecule has 2 aliphatic rings. The summed E-state index contributed by atoms with van der Waals surface area (Å²) in [5, 5.41) is 8.30. The van der Waals surface area contributed by atoms with E-state index < -0.39 is 0 Å². The fraction of sp³-hybridized carbons (Fsp3) is 0.308. The highest BCUT2D eigenvalue weighted by molar-refractivity contribution is 5.92. The van der Waals surface area contributed by atoms with Crippen LogP contribution in [0.4, 0.5) is 16.3 Å². The van der Waals surface area contributed by atoms with Crippen molar-refractivity contribution >= 4 is 28.6 Å². The van der Waals surface area contributed by atoms with E-state index in [2.05, 4.69) is 49.3 Å². The van der Waals surface area contributed by atoms with Gasteiger partial charge in [-0.3, -0.25) is 5.10 Å². The number of ether oxygens (including phenoxy) is 1. The number of piperidine rings is 1. The third-order valence-corrected chi connectivity index (χ3v) is 7.19. The molecule has 1 fully saturated rings. The van der Waals surface area contributed by atoms with Crippen LogP contribution in [0.15, 0.2) is 60.9 Å². The van der Waals surface area contributed by atoms with Crippen LogP contribution in [0.2, 0.25) is 0 Å². The highest BCUT2D eigenvalue weighted by atomic mass is 16.6. The highest BCUT2D eigenvalue weighted by Gasteiger charge is 2.46. The molecule has 2 aromatic heterocycles. The third-order valence-electron chi connectivity index (χ3n) is 7.19. The molecule has 0 atom stereocenters. The molecule has 0 bridgehead atoms. The maximum Gasteiger partial charge on any atom is 0.410 e. The number of hydrogen-bond donors (Lipinski definition) is 1. The van der Waals surface area contributed by atoms with E-state index in [1.54, 1.807) is 6.33 Å². The van der Waals surface area contributed by atoms with E-state index in [9.17, 15) is 4.79 Å². The van der Waals surface area contributed by atoms with Crippen LogP contribution >= 0.6 is 0 Å². The average molecular weight is 455 g/mol. The Morgan fingerprint density at radius 3 is 2.65 bits per heavy atom. The molecule has 2 aliphatic heterocycles. The summed E-state index contributed by atoms with van der Waals surface area (Å²) in [5.41, 5.74) is 5.08. The number of amides is 1. The average Bonchev–Trinajstić information content (AvgIpc) is 3.42. The molecule has 2 aromatic carbocycles. The Kier molecular flexibility index (Phi) is 4.94. The van der Waals surface area contributed by atoms with Crippen LogP contribution in [0, 0.1) is 6.92 Å². The van der Waals surface area contributed by atoms with Gasteiger partial charge in [0.15, 0.2) is 5.65 Å². The molecular weight excluding hydrogens is 428 g/mol. The Bertz CT molecular complexity index is 1340. The summed E-state index contributed by atoms with van der Waals surface area (Å²) in [5.74, 6) is 0.880. The molecule has 0 radical (unpaired) electrons. The van der Waals surface area contributed by atoms with Gasteiger partial charge in [-0.25, -0.2) is 14.8 Å². The van der Waals surface area contributed by atoms with Gasteiger partial charge in [0.1, 0.15) is 18.8 Å². The topological polar surface area (TPSA) is 87.2 Å². The van der Waals surface area contributed by atoms with E-state index in [1.807, 2.05) is 42.2 Å². The lowest BCUT2D eigenvalue weighted by atomic mass is 9.74. The SMILES string of the molecule is Cc1n[nH]c2ncnc(N3CC4(CCN(C(=O)OCc5ccccc5)CC4)c4ccccc43)c12. The molecule has 1 N–H and O–H groups in total. The van der Waals surface area contributed by atoms with Crippen molar-refractivity contribution in [1.82, 2.24) is 25.1 Å². The summed E-state index contributed by atoms with van der Waals surface area (Å²) in [7, 11) is 0. The fourth-order valence-electron chi connectivity index (χ4n) is 5.37. The van der Waals surface area contributed by atoms with Crippen molar-refractivity contribution in [1.29, 1.82) is 0 Å². The smallest absolute Gasteiger partial charge is 0.410 e. The molecule has 8 heteroatoms. The van der Waals surface area contributed by atoms with Crippen LogP contribution in [-0.2, 0) is 16.8 Å². The van der Waals surface area contributed by atoms with Crippen LogP contribution in [0.25, 0.3) is 11.0 Å². The monoisotopic (exact) mass is 454 g/mol. The summed E-state index contributed by atoms with van der Waals surface area (Å²) in [6.07, 6.45) is 3.10. The maximum atomic E-state index is 12.7. The summed E-state index contributed by atoms with van der Waals surface area (Å²) < 4.78 is 5.58. The molecule has 34 heavy (non-hydrogen) atoms. The van der Waals surface area contributed by atoms with Crippen LogP contribution in [-0.4, -0.2) is 50.8 Å². The number of aromatic nitrogens is 4. The van der Waals surface area contributed by atoms with E-state index in [4.69, 9.17) is 4.74 Å². The number of carbonyl (C=O) groups is 1. The fourth-order valence-corrected chi connectivity index (χ4v) is 5.37. The van der Waals surface area contributed by atoms with Crippen molar-refractivity contribution in [2.24, 2.45) is 0 Å². The minimum absolute atomic E-state index is 0.0400. The number of para-hydroxylation sites is 1. The molecule has 1 saturated heterocycles. The number of carbonyl (C=O) groups excluding carboxylic acids is 1. The van der Waals surface area contributed by atoms with Crippen LogP contribution in [0.5, 0.6) is 0 Å². The zero-order chi connectivity index (χ0) is 23.1. The number of nitrogens with zero attached hydrogens (tertiary/aromatic N) is 5. The second-order valence-corrected chi connectivity index (χ2v) is 9.14. The van der Waals surface area contributed by atoms with Gasteiger partial charge >= 0.3 is 6.09 Å². The number of fused-ring (bicyclic) bond motifs is 3. The molecule has 8 nitrogen and oxygen atoms in total. The van der Waals surface area contributed by atoms with Gasteiger partial charge in [-0.05, 0) is 37.0 Å². The first-order chi connectivity index (χ1) is 16.6. The molecule has 0 saturated carbocycles. The number of aryl methyl sites for hydroxylation is 1. The van der Waals surface area contributed by atoms with Gasteiger partial charge in [-0.2, -0.15) is 5.10 Å². The van der Waals surface area contributed by atoms with Crippen molar-refractivity contribution < 1.29 is 9.53 Å². The lowest BCUT2D eigenvalue weighted by Gasteiger charge is -2.39. The van der Waals surface area contributed by atoms with Crippen molar-refractivity contribution in [3.8, 4) is 0 Å². The first-order valence-electron chi connectivity index (χ1n) is 11.6. The van der Waals surface area contributed by atoms with E-state index in [0.717, 1.165) is 47.5 Å². The van der Waals surface area contributed by atoms with E-state index in [1.165, 1.54) is 11.3 Å². The summed E-state index contributed by atoms with van der Waals surface area (Å²) in [4.78, 5) is 25.9. The Balaban J connectivity index is 1.23. The standard InChI is InChI=1S/C26H26N6O2/c1-18-22-23(30-29-18)27-17-28-24(22)32-16-26(20-9-5-6-10-21(20)32)11-13-31(14-12-26)25(33)34-15-19-7-3-2-4-8-19/h2-10,17H,11-16H2,1H3,(H,27,28,29,30). The second-order valence-electron chi connectivity index (χ2n) is 9.14. The van der Waals surface area contributed by atoms with Crippen LogP contribution in [0.3, 0.4) is 0 Å². The number of anilines is 2. The molecule has 0 aliphatic carbocycles. The minimum atomic E-state index is -0.242. The summed E-state index contributed by atoms with van der Waals surface area (Å²) in [6, 6.07) is 18.3. The number of hydrogen-bond acceptors (Lipinski definition) is 6. The van der Waals surface area contributed by atoms with E-state index in [-0.39, 0.29) is 11.5 Å². The zero-order valence-corrected chi connectivity index (χ0v) is 19.1. The first-order valence-corrected chi connectivity index (χ1v) is 11.6. The Hall–Kier alpha value is -3.94. The second kappa shape index (κ2) is 8.13. The predicted molar refractivity (Wildman–Crippen MR) is 129 cm³/mol. The van der Waals surface area contributed by atoms with Crippen LogP contribution < -0.4 is 4.90 Å². The maximum absolute atomic E-state index is 12.7. The number of benzene rings is 2. The van der Waals surface area contributed by atoms with Gasteiger partial charge in [-0.1, -0.05) is 48.5 Å². The molecule has 1 spiro atoms. The lowest BCUT2D eigenvalue weighted by molar-refractivity contribution is 0.0791. The van der Waals surface area contributed by atoms with E-state index >= 15 is 0 Å². The number of H-pyrrole nitrogens is 1. The van der Waals surface area contributed by atoms with Crippen molar-refractivity contribution in [3.63, 3.8) is 0 Å². The lowest BCUT2D eigenvalue weighted by Crippen LogP contribution is -2.47. The molecule has 4 heterocycles. The Morgan fingerprint density at radius 2 is 1.82 bits per heavy atom. The van der Waals surface area contributed by atoms with Gasteiger partial charge in [-0.15, -0.1) is 0 Å². The minimum Gasteiger partial charge on any atom is -0.445 e. The number of likely N-dealkylation sites (tertiary alicyclic amines) is 1. The van der Waals surface area contributed by atoms with Gasteiger partial charge in [0.25, 0.3) is 0 Å². The predicted octanol–water partition coefficient (Wildman–Crippen LogP) is 4.48. The highest BCUT2D eigenvalue weighted by Crippen LogP contribution is 2.50. The van der Waals surface area contributed by atoms with Gasteiger partial charge in [0, 0.05) is 30.7 Å². The molecule has 6 rings (SSSR count). The van der Waals surface area contributed by atoms with Gasteiger partial charge < -0.3 is 14.5 Å². The molecule has 4 aromatic rings. The van der Waals surface area contributed by atoms with Crippen molar-refractivity contribution in [2.45, 2.75) is 31.8 Å². The Labute approximate surface area is 197 Å². The summed E-state index contributed by atoms with van der Waals surface area (Å²) >= 11 is 0. The Morgan fingerprint density at radius 1 is 1.06 bits per heavy atom. The normalized spacial score (nSPS) is 16.7. The largest absolute Gasteiger partial charge is 0.445 e. The number of rotatable bonds is 3. The van der Waals surface area contributed by atoms with Crippen molar-refractivity contribution in [3.05, 3.63) is 77.7 Å².